The second-order valence-electron chi connectivity index (χ2n) is 7.96. The molecule has 2 fully saturated rings. The van der Waals surface area contributed by atoms with Crippen LogP contribution < -0.4 is 10.2 Å². The molecular formula is C19H24F3N3O5S. The fraction of sp³-hybridized carbons (Fsp3) is 0.632. The Kier molecular flexibility index (Phi) is 6.77. The normalized spacial score (nSPS) is 19.3. The number of alkyl halides is 3. The van der Waals surface area contributed by atoms with Crippen LogP contribution in [0, 0.1) is 16.0 Å². The molecule has 1 N–H and O–H groups in total. The molecule has 1 saturated heterocycles. The van der Waals surface area contributed by atoms with E-state index in [1.54, 1.807) is 4.90 Å². The van der Waals surface area contributed by atoms with Gasteiger partial charge in [0.25, 0.3) is 15.5 Å². The number of anilines is 1. The van der Waals surface area contributed by atoms with Gasteiger partial charge in [0.15, 0.2) is 0 Å². The highest BCUT2D eigenvalue weighted by atomic mass is 32.2. The standard InChI is InChI=1S/C19H24F3N3O5S/c20-19(21,22)31(29,30)15-6-7-16(17(12-15)25(27)28)24-10-8-14(9-11-24)23-18(26)13-4-2-1-3-5-13/h6-7,12-14H,1-5,8-11H2,(H,23,26). The molecule has 172 valence electrons. The SMILES string of the molecule is O=C(NC1CCN(c2ccc(S(=O)(=O)C(F)(F)F)cc2[N+](=O)[O-])CC1)C1CCCCC1. The maximum absolute atomic E-state index is 12.8. The Morgan fingerprint density at radius 3 is 2.26 bits per heavy atom. The number of carbonyl (C=O) groups excluding carboxylic acids is 1. The Morgan fingerprint density at radius 2 is 1.71 bits per heavy atom. The molecule has 1 aliphatic heterocycles. The zero-order chi connectivity index (χ0) is 22.8. The van der Waals surface area contributed by atoms with Crippen molar-refractivity contribution in [1.82, 2.24) is 5.32 Å². The minimum Gasteiger partial charge on any atom is -0.366 e. The van der Waals surface area contributed by atoms with Crippen LogP contribution >= 0.6 is 0 Å². The number of hydrogen-bond donors (Lipinski definition) is 1. The van der Waals surface area contributed by atoms with Crippen molar-refractivity contribution in [2.45, 2.75) is 61.4 Å². The molecule has 0 spiro atoms. The highest BCUT2D eigenvalue weighted by Crippen LogP contribution is 2.37. The van der Waals surface area contributed by atoms with Gasteiger partial charge in [-0.2, -0.15) is 13.2 Å². The monoisotopic (exact) mass is 463 g/mol. The van der Waals surface area contributed by atoms with Gasteiger partial charge in [0.05, 0.1) is 9.82 Å². The third-order valence-electron chi connectivity index (χ3n) is 5.92. The molecule has 1 heterocycles. The van der Waals surface area contributed by atoms with E-state index >= 15 is 0 Å². The second-order valence-corrected chi connectivity index (χ2v) is 9.90. The van der Waals surface area contributed by atoms with Crippen LogP contribution in [0.3, 0.4) is 0 Å². The van der Waals surface area contributed by atoms with Crippen LogP contribution in [-0.2, 0) is 14.6 Å². The first-order chi connectivity index (χ1) is 14.5. The van der Waals surface area contributed by atoms with Gasteiger partial charge >= 0.3 is 5.51 Å². The fourth-order valence-electron chi connectivity index (χ4n) is 4.17. The summed E-state index contributed by atoms with van der Waals surface area (Å²) in [5, 5.41) is 14.5. The van der Waals surface area contributed by atoms with Gasteiger partial charge in [-0.15, -0.1) is 0 Å². The highest BCUT2D eigenvalue weighted by Gasteiger charge is 2.47. The number of benzene rings is 1. The molecule has 12 heteroatoms. The van der Waals surface area contributed by atoms with Crippen LogP contribution in [0.15, 0.2) is 23.1 Å². The Morgan fingerprint density at radius 1 is 1.10 bits per heavy atom. The molecule has 31 heavy (non-hydrogen) atoms. The van der Waals surface area contributed by atoms with Crippen molar-refractivity contribution < 1.29 is 31.3 Å². The van der Waals surface area contributed by atoms with Gasteiger partial charge in [-0.3, -0.25) is 14.9 Å². The molecule has 3 rings (SSSR count). The molecular weight excluding hydrogens is 439 g/mol. The molecule has 1 saturated carbocycles. The number of nitro groups is 1. The predicted octanol–water partition coefficient (Wildman–Crippen LogP) is 3.55. The van der Waals surface area contributed by atoms with E-state index in [9.17, 15) is 36.5 Å². The Hall–Kier alpha value is -2.37. The van der Waals surface area contributed by atoms with Crippen LogP contribution in [0.2, 0.25) is 0 Å². The van der Waals surface area contributed by atoms with Gasteiger partial charge in [-0.1, -0.05) is 19.3 Å². The van der Waals surface area contributed by atoms with Crippen molar-refractivity contribution >= 4 is 27.1 Å². The summed E-state index contributed by atoms with van der Waals surface area (Å²) in [6.07, 6.45) is 6.04. The van der Waals surface area contributed by atoms with E-state index in [0.717, 1.165) is 44.2 Å². The number of sulfone groups is 1. The van der Waals surface area contributed by atoms with Gasteiger partial charge in [-0.25, -0.2) is 8.42 Å². The first-order valence-electron chi connectivity index (χ1n) is 10.2. The lowest BCUT2D eigenvalue weighted by atomic mass is 9.88. The van der Waals surface area contributed by atoms with Crippen LogP contribution in [-0.4, -0.2) is 43.9 Å². The van der Waals surface area contributed by atoms with E-state index in [0.29, 0.717) is 32.0 Å². The number of nitrogens with zero attached hydrogens (tertiary/aromatic N) is 2. The summed E-state index contributed by atoms with van der Waals surface area (Å²) in [7, 11) is -5.68. The van der Waals surface area contributed by atoms with Crippen molar-refractivity contribution in [3.05, 3.63) is 28.3 Å². The third-order valence-corrected chi connectivity index (χ3v) is 7.40. The van der Waals surface area contributed by atoms with Gasteiger partial charge in [0, 0.05) is 31.1 Å². The lowest BCUT2D eigenvalue weighted by Crippen LogP contribution is -2.46. The molecule has 1 amide bonds. The smallest absolute Gasteiger partial charge is 0.366 e. The number of hydrogen-bond acceptors (Lipinski definition) is 6. The zero-order valence-electron chi connectivity index (χ0n) is 16.7. The summed E-state index contributed by atoms with van der Waals surface area (Å²) in [6.45, 7) is 0.698. The number of piperidine rings is 1. The summed E-state index contributed by atoms with van der Waals surface area (Å²) < 4.78 is 61.5. The van der Waals surface area contributed by atoms with E-state index in [2.05, 4.69) is 5.32 Å². The molecule has 1 aromatic rings. The van der Waals surface area contributed by atoms with E-state index in [1.165, 1.54) is 0 Å². The molecule has 0 aromatic heterocycles. The first kappa shape index (κ1) is 23.3. The van der Waals surface area contributed by atoms with Crippen molar-refractivity contribution in [2.75, 3.05) is 18.0 Å². The van der Waals surface area contributed by atoms with Crippen molar-refractivity contribution in [3.63, 3.8) is 0 Å². The van der Waals surface area contributed by atoms with Crippen LogP contribution in [0.5, 0.6) is 0 Å². The number of nitro benzene ring substituents is 1. The molecule has 1 aromatic carbocycles. The summed E-state index contributed by atoms with van der Waals surface area (Å²) >= 11 is 0. The summed E-state index contributed by atoms with van der Waals surface area (Å²) in [4.78, 5) is 23.4. The highest BCUT2D eigenvalue weighted by molar-refractivity contribution is 7.92. The number of carbonyl (C=O) groups is 1. The molecule has 0 bridgehead atoms. The molecule has 2 aliphatic rings. The minimum absolute atomic E-state index is 0.0241. The quantitative estimate of drug-likeness (QED) is 0.528. The Balaban J connectivity index is 1.69. The maximum Gasteiger partial charge on any atom is 0.501 e. The second kappa shape index (κ2) is 9.01. The van der Waals surface area contributed by atoms with Gasteiger partial charge in [0.2, 0.25) is 5.91 Å². The summed E-state index contributed by atoms with van der Waals surface area (Å²) in [5.41, 5.74) is -6.18. The first-order valence-corrected chi connectivity index (χ1v) is 11.6. The number of rotatable bonds is 5. The fourth-order valence-corrected chi connectivity index (χ4v) is 4.95. The molecule has 8 nitrogen and oxygen atoms in total. The third kappa shape index (κ3) is 5.10. The lowest BCUT2D eigenvalue weighted by molar-refractivity contribution is -0.384. The lowest BCUT2D eigenvalue weighted by Gasteiger charge is -2.34. The molecule has 0 atom stereocenters. The molecule has 0 unspecified atom stereocenters. The average Bonchev–Trinajstić information content (AvgIpc) is 2.73. The minimum atomic E-state index is -5.68. The number of nitrogens with one attached hydrogen (secondary N) is 1. The zero-order valence-corrected chi connectivity index (χ0v) is 17.5. The van der Waals surface area contributed by atoms with Crippen LogP contribution in [0.25, 0.3) is 0 Å². The Bertz CT molecular complexity index is 938. The summed E-state index contributed by atoms with van der Waals surface area (Å²) in [5.74, 6) is 0.0573. The van der Waals surface area contributed by atoms with Gasteiger partial charge in [0.1, 0.15) is 5.69 Å². The largest absolute Gasteiger partial charge is 0.501 e. The van der Waals surface area contributed by atoms with E-state index in [1.807, 2.05) is 0 Å². The average molecular weight is 463 g/mol. The van der Waals surface area contributed by atoms with Crippen molar-refractivity contribution in [1.29, 1.82) is 0 Å². The Labute approximate surface area is 177 Å². The molecule has 0 radical (unpaired) electrons. The maximum atomic E-state index is 12.8. The van der Waals surface area contributed by atoms with E-state index < -0.39 is 30.9 Å². The van der Waals surface area contributed by atoms with Gasteiger partial charge in [-0.05, 0) is 37.8 Å². The van der Waals surface area contributed by atoms with Gasteiger partial charge < -0.3 is 10.2 Å². The van der Waals surface area contributed by atoms with Crippen LogP contribution in [0.1, 0.15) is 44.9 Å². The summed E-state index contributed by atoms with van der Waals surface area (Å²) in [6, 6.07) is 2.16. The predicted molar refractivity (Wildman–Crippen MR) is 106 cm³/mol. The number of halogens is 3. The topological polar surface area (TPSA) is 110 Å². The number of amides is 1. The van der Waals surface area contributed by atoms with Crippen molar-refractivity contribution in [2.24, 2.45) is 5.92 Å². The van der Waals surface area contributed by atoms with Crippen molar-refractivity contribution in [3.8, 4) is 0 Å². The van der Waals surface area contributed by atoms with E-state index in [4.69, 9.17) is 0 Å². The van der Waals surface area contributed by atoms with E-state index in [-0.39, 0.29) is 23.6 Å². The van der Waals surface area contributed by atoms with Crippen LogP contribution in [0.4, 0.5) is 24.5 Å². The molecule has 1 aliphatic carbocycles.